The first-order valence-electron chi connectivity index (χ1n) is 12.1. The van der Waals surface area contributed by atoms with Gasteiger partial charge in [0.2, 0.25) is 0 Å². The number of fused-ring (bicyclic) bond motifs is 1. The van der Waals surface area contributed by atoms with Crippen molar-refractivity contribution in [1.29, 1.82) is 0 Å². The van der Waals surface area contributed by atoms with Gasteiger partial charge in [-0.15, -0.1) is 11.3 Å². The molecule has 0 spiro atoms. The molecule has 0 aliphatic heterocycles. The maximum atomic E-state index is 13.5. The van der Waals surface area contributed by atoms with Gasteiger partial charge in [-0.05, 0) is 63.3 Å². The highest BCUT2D eigenvalue weighted by Crippen LogP contribution is 2.34. The number of carbonyl (C=O) groups is 3. The van der Waals surface area contributed by atoms with E-state index in [1.54, 1.807) is 32.9 Å². The number of ether oxygens (including phenoxy) is 2. The van der Waals surface area contributed by atoms with Crippen LogP contribution in [0.3, 0.4) is 0 Å². The lowest BCUT2D eigenvalue weighted by Crippen LogP contribution is -2.29. The summed E-state index contributed by atoms with van der Waals surface area (Å²) in [5, 5.41) is 9.83. The van der Waals surface area contributed by atoms with Crippen molar-refractivity contribution in [3.63, 3.8) is 0 Å². The molecular weight excluding hydrogens is 534 g/mol. The number of anilines is 2. The third-order valence-electron chi connectivity index (χ3n) is 5.44. The van der Waals surface area contributed by atoms with E-state index in [1.807, 2.05) is 61.0 Å². The number of urea groups is 1. The number of nitrogens with one attached hydrogen (secondary N) is 2. The second kappa shape index (κ2) is 12.9. The molecule has 0 fully saturated rings. The monoisotopic (exact) mass is 563 g/mol. The Labute approximate surface area is 234 Å². The highest BCUT2D eigenvalue weighted by Gasteiger charge is 2.32. The Kier molecular flexibility index (Phi) is 9.60. The van der Waals surface area contributed by atoms with E-state index in [1.165, 1.54) is 11.3 Å². The van der Waals surface area contributed by atoms with Crippen LogP contribution >= 0.6 is 11.3 Å². The van der Waals surface area contributed by atoms with Crippen molar-refractivity contribution < 1.29 is 33.4 Å². The van der Waals surface area contributed by atoms with Gasteiger partial charge in [-0.3, -0.25) is 0 Å². The summed E-state index contributed by atoms with van der Waals surface area (Å²) < 4.78 is 12.4. The van der Waals surface area contributed by atoms with Crippen LogP contribution in [0.2, 0.25) is 0 Å². The van der Waals surface area contributed by atoms with Crippen LogP contribution in [0.15, 0.2) is 59.3 Å². The van der Waals surface area contributed by atoms with Gasteiger partial charge in [0.05, 0.1) is 16.9 Å². The molecule has 2 heterocycles. The van der Waals surface area contributed by atoms with Crippen LogP contribution in [0.4, 0.5) is 21.0 Å². The second-order valence-electron chi connectivity index (χ2n) is 9.75. The van der Waals surface area contributed by atoms with Gasteiger partial charge in [-0.25, -0.2) is 19.0 Å². The average Bonchev–Trinajstić information content (AvgIpc) is 3.43. The minimum absolute atomic E-state index is 0.0135. The first-order valence-corrected chi connectivity index (χ1v) is 13.1. The Bertz CT molecular complexity index is 1560. The zero-order valence-corrected chi connectivity index (χ0v) is 23.5. The Morgan fingerprint density at radius 3 is 2.25 bits per heavy atom. The smallest absolute Gasteiger partial charge is 0.419 e. The van der Waals surface area contributed by atoms with Crippen molar-refractivity contribution in [3.8, 4) is 0 Å². The number of thiophene rings is 1. The van der Waals surface area contributed by atoms with Crippen LogP contribution in [0.1, 0.15) is 48.0 Å². The van der Waals surface area contributed by atoms with E-state index in [0.29, 0.717) is 16.6 Å². The molecule has 0 atom stereocenters. The maximum absolute atomic E-state index is 13.5. The molecule has 0 saturated carbocycles. The molecule has 2 amide bonds. The van der Waals surface area contributed by atoms with Crippen LogP contribution in [0, 0.1) is 13.8 Å². The van der Waals surface area contributed by atoms with E-state index in [9.17, 15) is 14.4 Å². The third kappa shape index (κ3) is 7.43. The average molecular weight is 564 g/mol. The standard InChI is InChI=1S/C28H29N3O5S.CO2/c1-17-11-12-22-20(13-17)23(30-26(33)29-21-16-37-15-18(21)2)24(25(32)36-28(3,4)5)31(22)27(34)35-14-19-9-7-6-8-10-19;2-1-3/h6-13,15-16H,14H2,1-5H3,(H2,29,30,33);. The number of aryl methyl sites for hydroxylation is 2. The van der Waals surface area contributed by atoms with Gasteiger partial charge in [0.25, 0.3) is 0 Å². The zero-order chi connectivity index (χ0) is 29.4. The lowest BCUT2D eigenvalue weighted by Gasteiger charge is -2.20. The first-order chi connectivity index (χ1) is 18.9. The van der Waals surface area contributed by atoms with E-state index in [2.05, 4.69) is 10.6 Å². The predicted octanol–water partition coefficient (Wildman–Crippen LogP) is 6.52. The summed E-state index contributed by atoms with van der Waals surface area (Å²) in [7, 11) is 0. The van der Waals surface area contributed by atoms with E-state index in [4.69, 9.17) is 19.1 Å². The fraction of sp³-hybridized carbons (Fsp3) is 0.241. The fourth-order valence-corrected chi connectivity index (χ4v) is 4.56. The Morgan fingerprint density at radius 2 is 1.65 bits per heavy atom. The van der Waals surface area contributed by atoms with Gasteiger partial charge >= 0.3 is 24.2 Å². The number of nitrogens with zero attached hydrogens (tertiary/aromatic N) is 1. The number of carbonyl (C=O) groups excluding carboxylic acids is 5. The number of rotatable bonds is 5. The van der Waals surface area contributed by atoms with Gasteiger partial charge < -0.3 is 20.1 Å². The fourth-order valence-electron chi connectivity index (χ4n) is 3.78. The van der Waals surface area contributed by atoms with E-state index >= 15 is 0 Å². The predicted molar refractivity (Wildman–Crippen MR) is 151 cm³/mol. The molecule has 4 rings (SSSR count). The molecule has 10 nitrogen and oxygen atoms in total. The molecule has 0 unspecified atom stereocenters. The highest BCUT2D eigenvalue weighted by atomic mass is 32.1. The molecule has 0 radical (unpaired) electrons. The molecule has 0 aliphatic carbocycles. The maximum Gasteiger partial charge on any atom is 0.419 e. The van der Waals surface area contributed by atoms with Gasteiger partial charge in [0.15, 0.2) is 5.69 Å². The van der Waals surface area contributed by atoms with Crippen LogP contribution in [0.5, 0.6) is 0 Å². The topological polar surface area (TPSA) is 133 Å². The lowest BCUT2D eigenvalue weighted by molar-refractivity contribution is -0.191. The molecule has 2 aromatic carbocycles. The number of aromatic nitrogens is 1. The van der Waals surface area contributed by atoms with Gasteiger partial charge in [-0.2, -0.15) is 9.59 Å². The van der Waals surface area contributed by atoms with E-state index in [-0.39, 0.29) is 24.1 Å². The van der Waals surface area contributed by atoms with Gasteiger partial charge in [0.1, 0.15) is 12.2 Å². The van der Waals surface area contributed by atoms with Crippen molar-refractivity contribution >= 4 is 57.9 Å². The minimum atomic E-state index is -0.838. The molecule has 208 valence electrons. The van der Waals surface area contributed by atoms with Crippen LogP contribution in [-0.4, -0.2) is 34.4 Å². The zero-order valence-electron chi connectivity index (χ0n) is 22.7. The number of amides is 2. The third-order valence-corrected chi connectivity index (χ3v) is 6.31. The number of benzene rings is 2. The highest BCUT2D eigenvalue weighted by molar-refractivity contribution is 7.08. The molecular formula is C29H29N3O7S. The van der Waals surface area contributed by atoms with Crippen LogP contribution < -0.4 is 10.6 Å². The van der Waals surface area contributed by atoms with Crippen LogP contribution in [-0.2, 0) is 25.7 Å². The number of hydrogen-bond acceptors (Lipinski definition) is 8. The number of esters is 1. The van der Waals surface area contributed by atoms with Crippen molar-refractivity contribution in [3.05, 3.63) is 81.7 Å². The van der Waals surface area contributed by atoms with Gasteiger partial charge in [-0.1, -0.05) is 42.0 Å². The number of hydrogen-bond donors (Lipinski definition) is 2. The minimum Gasteiger partial charge on any atom is -0.455 e. The Hall–Kier alpha value is -4.73. The molecule has 4 aromatic rings. The van der Waals surface area contributed by atoms with E-state index < -0.39 is 23.7 Å². The van der Waals surface area contributed by atoms with Crippen molar-refractivity contribution in [2.75, 3.05) is 10.6 Å². The molecule has 2 N–H and O–H groups in total. The largest absolute Gasteiger partial charge is 0.455 e. The van der Waals surface area contributed by atoms with Crippen molar-refractivity contribution in [2.24, 2.45) is 0 Å². The van der Waals surface area contributed by atoms with E-state index in [0.717, 1.165) is 21.3 Å². The Morgan fingerprint density at radius 1 is 0.975 bits per heavy atom. The summed E-state index contributed by atoms with van der Waals surface area (Å²) >= 11 is 1.46. The summed E-state index contributed by atoms with van der Waals surface area (Å²) in [6.45, 7) is 8.98. The summed E-state index contributed by atoms with van der Waals surface area (Å²) in [6.07, 6.45) is -0.513. The summed E-state index contributed by atoms with van der Waals surface area (Å²) in [6, 6.07) is 14.0. The molecule has 40 heavy (non-hydrogen) atoms. The van der Waals surface area contributed by atoms with Gasteiger partial charge in [0, 0.05) is 10.8 Å². The van der Waals surface area contributed by atoms with Crippen molar-refractivity contribution in [1.82, 2.24) is 4.57 Å². The first kappa shape index (κ1) is 29.8. The second-order valence-corrected chi connectivity index (χ2v) is 10.5. The van der Waals surface area contributed by atoms with Crippen LogP contribution in [0.25, 0.3) is 10.9 Å². The normalized spacial score (nSPS) is 10.6. The van der Waals surface area contributed by atoms with Crippen molar-refractivity contribution in [2.45, 2.75) is 46.8 Å². The molecule has 11 heteroatoms. The summed E-state index contributed by atoms with van der Waals surface area (Å²) in [4.78, 5) is 56.1. The SMILES string of the molecule is Cc1ccc2c(c1)c(NC(=O)Nc1cscc1C)c(C(=O)OC(C)(C)C)n2C(=O)OCc1ccccc1.O=C=O. The molecule has 0 aliphatic rings. The molecule has 0 saturated heterocycles. The quantitative estimate of drug-likeness (QED) is 0.264. The molecule has 2 aromatic heterocycles. The Balaban J connectivity index is 0.00000141. The summed E-state index contributed by atoms with van der Waals surface area (Å²) in [5.41, 5.74) is 2.86. The molecule has 0 bridgehead atoms. The summed E-state index contributed by atoms with van der Waals surface area (Å²) in [5.74, 6) is -0.764. The lowest BCUT2D eigenvalue weighted by atomic mass is 10.1.